The largest absolute Gasteiger partial charge is 0.0597 e. The summed E-state index contributed by atoms with van der Waals surface area (Å²) in [5.41, 5.74) is 1.44. The monoisotopic (exact) mass is 511 g/mol. The Kier molecular flexibility index (Phi) is 5.36. The summed E-state index contributed by atoms with van der Waals surface area (Å²) in [6, 6.07) is 5.43. The van der Waals surface area contributed by atoms with Crippen LogP contribution in [0.5, 0.6) is 0 Å². The third-order valence-corrected chi connectivity index (χ3v) is 7.08. The van der Waals surface area contributed by atoms with Crippen molar-refractivity contribution in [3.63, 3.8) is 0 Å². The second-order valence-electron chi connectivity index (χ2n) is 2.33. The molecule has 0 unspecified atom stereocenters. The first kappa shape index (κ1) is 11.7. The van der Waals surface area contributed by atoms with Crippen molar-refractivity contribution in [2.24, 2.45) is 0 Å². The van der Waals surface area contributed by atoms with Gasteiger partial charge in [-0.05, 0) is 85.8 Å². The van der Waals surface area contributed by atoms with Crippen LogP contribution in [-0.2, 0) is 6.42 Å². The maximum atomic E-state index is 3.50. The molecule has 0 N–H and O–H groups in total. The Hall–Kier alpha value is 1.63. The van der Waals surface area contributed by atoms with Gasteiger partial charge < -0.3 is 0 Å². The topological polar surface area (TPSA) is 0 Å². The molecule has 0 bridgehead atoms. The summed E-state index contributed by atoms with van der Waals surface area (Å²) in [5.74, 6) is 0. The summed E-state index contributed by atoms with van der Waals surface area (Å²) >= 11 is 7.19. The van der Waals surface area contributed by atoms with E-state index in [0.717, 1.165) is 12.5 Å². The minimum Gasteiger partial charge on any atom is -0.0597 e. The van der Waals surface area contributed by atoms with Crippen molar-refractivity contribution in [1.29, 1.82) is 0 Å². The molecule has 0 aliphatic rings. The van der Waals surface area contributed by atoms with Gasteiger partial charge in [-0.3, -0.25) is 0 Å². The smallest absolute Gasteiger partial charge is 0.0400 e. The van der Waals surface area contributed by atoms with E-state index in [1.54, 1.807) is 0 Å². The molecule has 0 spiro atoms. The molecule has 1 aromatic carbocycles. The molecule has 0 amide bonds. The molecule has 12 heavy (non-hydrogen) atoms. The molecule has 0 fully saturated rings. The van der Waals surface area contributed by atoms with Gasteiger partial charge in [-0.1, -0.05) is 12.1 Å². The first-order valence-electron chi connectivity index (χ1n) is 3.43. The SMILES string of the molecule is [Si]CCc1ccc(I)c(I)c1I. The van der Waals surface area contributed by atoms with E-state index in [2.05, 4.69) is 90.1 Å². The van der Waals surface area contributed by atoms with E-state index in [4.69, 9.17) is 0 Å². The van der Waals surface area contributed by atoms with E-state index in [1.165, 1.54) is 16.3 Å². The lowest BCUT2D eigenvalue weighted by Gasteiger charge is -2.06. The first-order chi connectivity index (χ1) is 5.66. The van der Waals surface area contributed by atoms with Gasteiger partial charge in [0.1, 0.15) is 0 Å². The molecule has 0 heterocycles. The highest BCUT2D eigenvalue weighted by molar-refractivity contribution is 14.1. The van der Waals surface area contributed by atoms with Crippen LogP contribution >= 0.6 is 67.8 Å². The molecule has 0 saturated carbocycles. The van der Waals surface area contributed by atoms with Crippen molar-refractivity contribution in [3.05, 3.63) is 28.4 Å². The fourth-order valence-electron chi connectivity index (χ4n) is 0.894. The average molecular weight is 511 g/mol. The highest BCUT2D eigenvalue weighted by atomic mass is 127. The fourth-order valence-corrected chi connectivity index (χ4v) is 3.39. The molecule has 0 atom stereocenters. The van der Waals surface area contributed by atoms with Crippen molar-refractivity contribution >= 4 is 78.0 Å². The third kappa shape index (κ3) is 2.81. The number of rotatable bonds is 2. The van der Waals surface area contributed by atoms with Gasteiger partial charge in [-0.2, -0.15) is 0 Å². The van der Waals surface area contributed by atoms with E-state index in [1.807, 2.05) is 0 Å². The number of hydrogen-bond donors (Lipinski definition) is 0. The zero-order valence-corrected chi connectivity index (χ0v) is 13.7. The van der Waals surface area contributed by atoms with Gasteiger partial charge in [-0.15, -0.1) is 0 Å². The normalized spacial score (nSPS) is 10.3. The van der Waals surface area contributed by atoms with Gasteiger partial charge in [0.25, 0.3) is 0 Å². The Labute approximate surface area is 117 Å². The highest BCUT2D eigenvalue weighted by Crippen LogP contribution is 2.25. The summed E-state index contributed by atoms with van der Waals surface area (Å²) in [4.78, 5) is 0. The Balaban J connectivity index is 3.08. The summed E-state index contributed by atoms with van der Waals surface area (Å²) < 4.78 is 4.13. The minimum atomic E-state index is 1.03. The molecule has 63 valence electrons. The van der Waals surface area contributed by atoms with Crippen LogP contribution in [0.25, 0.3) is 0 Å². The molecule has 0 nitrogen and oxygen atoms in total. The third-order valence-electron chi connectivity index (χ3n) is 1.51. The molecule has 0 saturated heterocycles. The van der Waals surface area contributed by atoms with E-state index in [-0.39, 0.29) is 0 Å². The summed E-state index contributed by atoms with van der Waals surface area (Å²) in [5, 5.41) is 0. The Morgan fingerprint density at radius 2 is 1.75 bits per heavy atom. The van der Waals surface area contributed by atoms with Crippen LogP contribution in [0.3, 0.4) is 0 Å². The van der Waals surface area contributed by atoms with Gasteiger partial charge in [-0.25, -0.2) is 0 Å². The zero-order chi connectivity index (χ0) is 9.14. The first-order valence-corrected chi connectivity index (χ1v) is 7.38. The maximum absolute atomic E-state index is 3.50. The Morgan fingerprint density at radius 1 is 1.08 bits per heavy atom. The van der Waals surface area contributed by atoms with Crippen molar-refractivity contribution in [3.8, 4) is 0 Å². The second-order valence-corrected chi connectivity index (χ2v) is 6.15. The number of aryl methyl sites for hydroxylation is 1. The fraction of sp³-hybridized carbons (Fsp3) is 0.250. The van der Waals surface area contributed by atoms with E-state index < -0.39 is 0 Å². The summed E-state index contributed by atoms with van der Waals surface area (Å²) in [7, 11) is 3.50. The van der Waals surface area contributed by atoms with E-state index in [9.17, 15) is 0 Å². The highest BCUT2D eigenvalue weighted by Gasteiger charge is 2.05. The lowest BCUT2D eigenvalue weighted by atomic mass is 10.2. The minimum absolute atomic E-state index is 1.03. The van der Waals surface area contributed by atoms with E-state index in [0.29, 0.717) is 0 Å². The lowest BCUT2D eigenvalue weighted by molar-refractivity contribution is 1.11. The molecule has 0 aliphatic heterocycles. The molecule has 4 heteroatoms. The van der Waals surface area contributed by atoms with Crippen LogP contribution in [0.4, 0.5) is 0 Å². The van der Waals surface area contributed by atoms with Crippen LogP contribution in [0.2, 0.25) is 6.04 Å². The van der Waals surface area contributed by atoms with Crippen LogP contribution in [-0.4, -0.2) is 10.2 Å². The number of benzene rings is 1. The quantitative estimate of drug-likeness (QED) is 0.324. The molecular formula is C8H6I3Si. The van der Waals surface area contributed by atoms with Crippen LogP contribution in [0, 0.1) is 10.7 Å². The van der Waals surface area contributed by atoms with Crippen molar-refractivity contribution in [2.75, 3.05) is 0 Å². The van der Waals surface area contributed by atoms with Gasteiger partial charge in [0.15, 0.2) is 0 Å². The number of hydrogen-bond acceptors (Lipinski definition) is 0. The van der Waals surface area contributed by atoms with Crippen LogP contribution in [0.1, 0.15) is 5.56 Å². The van der Waals surface area contributed by atoms with Crippen molar-refractivity contribution in [1.82, 2.24) is 0 Å². The van der Waals surface area contributed by atoms with Crippen molar-refractivity contribution in [2.45, 2.75) is 12.5 Å². The summed E-state index contributed by atoms with van der Waals surface area (Å²) in [6.07, 6.45) is 1.11. The molecule has 0 aliphatic carbocycles. The Bertz CT molecular complexity index is 286. The molecule has 1 rings (SSSR count). The summed E-state index contributed by atoms with van der Waals surface area (Å²) in [6.45, 7) is 0. The maximum Gasteiger partial charge on any atom is 0.0400 e. The van der Waals surface area contributed by atoms with Crippen molar-refractivity contribution < 1.29 is 0 Å². The predicted octanol–water partition coefficient (Wildman–Crippen LogP) is 3.63. The number of halogens is 3. The van der Waals surface area contributed by atoms with Gasteiger partial charge in [0.05, 0.1) is 0 Å². The average Bonchev–Trinajstić information content (AvgIpc) is 2.07. The standard InChI is InChI=1S/C8H6I3Si/c9-6-2-1-5(3-4-12)7(10)8(6)11/h1-2H,3-4H2. The molecular weight excluding hydrogens is 505 g/mol. The van der Waals surface area contributed by atoms with Crippen LogP contribution < -0.4 is 0 Å². The predicted molar refractivity (Wildman–Crippen MR) is 78.9 cm³/mol. The Morgan fingerprint density at radius 3 is 2.33 bits per heavy atom. The molecule has 1 aromatic rings. The van der Waals surface area contributed by atoms with Gasteiger partial charge >= 0.3 is 0 Å². The van der Waals surface area contributed by atoms with Gasteiger partial charge in [0, 0.05) is 21.0 Å². The van der Waals surface area contributed by atoms with E-state index >= 15 is 0 Å². The van der Waals surface area contributed by atoms with Crippen LogP contribution in [0.15, 0.2) is 12.1 Å². The second kappa shape index (κ2) is 5.49. The lowest BCUT2D eigenvalue weighted by Crippen LogP contribution is -1.94. The van der Waals surface area contributed by atoms with Gasteiger partial charge in [0.2, 0.25) is 0 Å². The molecule has 3 radical (unpaired) electrons. The molecule has 0 aromatic heterocycles. The zero-order valence-electron chi connectivity index (χ0n) is 6.20.